The van der Waals surface area contributed by atoms with E-state index in [2.05, 4.69) is 23.6 Å². The highest BCUT2D eigenvalue weighted by Gasteiger charge is 2.18. The van der Waals surface area contributed by atoms with E-state index in [1.54, 1.807) is 7.05 Å². The zero-order chi connectivity index (χ0) is 14.4. The van der Waals surface area contributed by atoms with Gasteiger partial charge in [-0.25, -0.2) is 0 Å². The van der Waals surface area contributed by atoms with E-state index in [0.717, 1.165) is 29.6 Å². The van der Waals surface area contributed by atoms with Crippen LogP contribution in [0.5, 0.6) is 0 Å². The molecule has 1 aromatic rings. The quantitative estimate of drug-likeness (QED) is 0.865. The molecule has 2 N–H and O–H groups in total. The molecule has 110 valence electrons. The molecule has 1 aromatic carbocycles. The van der Waals surface area contributed by atoms with E-state index in [1.165, 1.54) is 25.7 Å². The molecule has 3 heteroatoms. The van der Waals surface area contributed by atoms with Crippen LogP contribution in [0.4, 0.5) is 5.69 Å². The molecule has 1 fully saturated rings. The van der Waals surface area contributed by atoms with Gasteiger partial charge in [0.15, 0.2) is 0 Å². The van der Waals surface area contributed by atoms with Gasteiger partial charge in [0.25, 0.3) is 0 Å². The number of carbonyl (C=O) groups excluding carboxylic acids is 1. The number of likely N-dealkylation sites (N-methyl/N-ethyl adjacent to an activating group) is 1. The summed E-state index contributed by atoms with van der Waals surface area (Å²) >= 11 is 0. The second-order valence-electron chi connectivity index (χ2n) is 6.01. The van der Waals surface area contributed by atoms with E-state index in [9.17, 15) is 4.79 Å². The summed E-state index contributed by atoms with van der Waals surface area (Å²) in [5, 5.41) is 6.23. The number of amides is 1. The molecule has 0 heterocycles. The normalized spacial score (nSPS) is 22.3. The van der Waals surface area contributed by atoms with Crippen molar-refractivity contribution in [2.75, 3.05) is 18.9 Å². The van der Waals surface area contributed by atoms with Crippen molar-refractivity contribution in [3.05, 3.63) is 29.8 Å². The molecule has 3 nitrogen and oxygen atoms in total. The number of carbonyl (C=O) groups is 1. The lowest BCUT2D eigenvalue weighted by Gasteiger charge is -2.27. The maximum absolute atomic E-state index is 11.5. The molecular weight excluding hydrogens is 248 g/mol. The van der Waals surface area contributed by atoms with Crippen molar-refractivity contribution in [3.8, 4) is 0 Å². The van der Waals surface area contributed by atoms with Crippen molar-refractivity contribution in [1.29, 1.82) is 0 Å². The minimum atomic E-state index is 0.0609. The summed E-state index contributed by atoms with van der Waals surface area (Å²) in [5.74, 6) is 1.73. The number of hydrogen-bond donors (Lipinski definition) is 2. The fraction of sp³-hybridized carbons (Fsp3) is 0.588. The molecule has 0 unspecified atom stereocenters. The summed E-state index contributed by atoms with van der Waals surface area (Å²) in [4.78, 5) is 11.5. The van der Waals surface area contributed by atoms with Gasteiger partial charge < -0.3 is 10.6 Å². The Bertz CT molecular complexity index is 436. The van der Waals surface area contributed by atoms with Gasteiger partial charge >= 0.3 is 0 Å². The Labute approximate surface area is 122 Å². The van der Waals surface area contributed by atoms with Crippen LogP contribution in [-0.2, 0) is 11.2 Å². The molecule has 0 aliphatic heterocycles. The van der Waals surface area contributed by atoms with Crippen LogP contribution in [0.2, 0.25) is 0 Å². The first-order chi connectivity index (χ1) is 9.69. The Balaban J connectivity index is 1.90. The SMILES string of the molecule is CNC(=O)Cc1ccccc1NCC1CCC(C)CC1. The fourth-order valence-electron chi connectivity index (χ4n) is 2.90. The summed E-state index contributed by atoms with van der Waals surface area (Å²) in [6, 6.07) is 8.12. The van der Waals surface area contributed by atoms with Gasteiger partial charge in [-0.15, -0.1) is 0 Å². The predicted octanol–water partition coefficient (Wildman–Crippen LogP) is 3.21. The first kappa shape index (κ1) is 14.9. The maximum Gasteiger partial charge on any atom is 0.224 e. The Kier molecular flexibility index (Phi) is 5.45. The Morgan fingerprint density at radius 3 is 2.60 bits per heavy atom. The fourth-order valence-corrected chi connectivity index (χ4v) is 2.90. The molecule has 1 amide bonds. The molecule has 0 bridgehead atoms. The first-order valence-electron chi connectivity index (χ1n) is 7.71. The third kappa shape index (κ3) is 4.26. The third-order valence-electron chi connectivity index (χ3n) is 4.36. The highest BCUT2D eigenvalue weighted by Crippen LogP contribution is 2.28. The standard InChI is InChI=1S/C17H26N2O/c1-13-7-9-14(10-8-13)12-19-16-6-4-3-5-15(16)11-17(20)18-2/h3-6,13-14,19H,7-12H2,1-2H3,(H,18,20). The summed E-state index contributed by atoms with van der Waals surface area (Å²) in [7, 11) is 1.68. The monoisotopic (exact) mass is 274 g/mol. The van der Waals surface area contributed by atoms with Crippen LogP contribution >= 0.6 is 0 Å². The minimum Gasteiger partial charge on any atom is -0.385 e. The van der Waals surface area contributed by atoms with Crippen LogP contribution in [0.3, 0.4) is 0 Å². The van der Waals surface area contributed by atoms with Crippen LogP contribution < -0.4 is 10.6 Å². The lowest BCUT2D eigenvalue weighted by atomic mass is 9.83. The van der Waals surface area contributed by atoms with Crippen LogP contribution in [-0.4, -0.2) is 19.5 Å². The van der Waals surface area contributed by atoms with Crippen LogP contribution in [0.15, 0.2) is 24.3 Å². The molecule has 0 radical (unpaired) electrons. The van der Waals surface area contributed by atoms with Gasteiger partial charge in [0, 0.05) is 19.3 Å². The van der Waals surface area contributed by atoms with Crippen molar-refractivity contribution >= 4 is 11.6 Å². The number of benzene rings is 1. The summed E-state index contributed by atoms with van der Waals surface area (Å²) in [6.07, 6.45) is 5.80. The predicted molar refractivity (Wildman–Crippen MR) is 83.8 cm³/mol. The van der Waals surface area contributed by atoms with Gasteiger partial charge in [-0.05, 0) is 36.3 Å². The van der Waals surface area contributed by atoms with Crippen molar-refractivity contribution in [3.63, 3.8) is 0 Å². The van der Waals surface area contributed by atoms with Crippen molar-refractivity contribution < 1.29 is 4.79 Å². The van der Waals surface area contributed by atoms with Gasteiger partial charge in [-0.2, -0.15) is 0 Å². The smallest absolute Gasteiger partial charge is 0.224 e. The average Bonchev–Trinajstić information content (AvgIpc) is 2.48. The van der Waals surface area contributed by atoms with E-state index in [-0.39, 0.29) is 5.91 Å². The zero-order valence-corrected chi connectivity index (χ0v) is 12.6. The summed E-state index contributed by atoms with van der Waals surface area (Å²) in [5.41, 5.74) is 2.19. The van der Waals surface area contributed by atoms with Crippen LogP contribution in [0.25, 0.3) is 0 Å². The molecule has 0 aromatic heterocycles. The molecule has 0 saturated heterocycles. The van der Waals surface area contributed by atoms with Crippen molar-refractivity contribution in [1.82, 2.24) is 5.32 Å². The summed E-state index contributed by atoms with van der Waals surface area (Å²) < 4.78 is 0. The number of rotatable bonds is 5. The Morgan fingerprint density at radius 2 is 1.90 bits per heavy atom. The van der Waals surface area contributed by atoms with E-state index < -0.39 is 0 Å². The van der Waals surface area contributed by atoms with Gasteiger partial charge in [0.2, 0.25) is 5.91 Å². The van der Waals surface area contributed by atoms with Gasteiger partial charge in [0.1, 0.15) is 0 Å². The lowest BCUT2D eigenvalue weighted by Crippen LogP contribution is -2.22. The molecule has 0 atom stereocenters. The third-order valence-corrected chi connectivity index (χ3v) is 4.36. The van der Waals surface area contributed by atoms with E-state index in [0.29, 0.717) is 6.42 Å². The van der Waals surface area contributed by atoms with Gasteiger partial charge in [-0.3, -0.25) is 4.79 Å². The molecule has 1 aliphatic rings. The van der Waals surface area contributed by atoms with Crippen LogP contribution in [0, 0.1) is 11.8 Å². The largest absolute Gasteiger partial charge is 0.385 e. The molecule has 20 heavy (non-hydrogen) atoms. The highest BCUT2D eigenvalue weighted by atomic mass is 16.1. The van der Waals surface area contributed by atoms with Crippen molar-refractivity contribution in [2.24, 2.45) is 11.8 Å². The maximum atomic E-state index is 11.5. The topological polar surface area (TPSA) is 41.1 Å². The number of hydrogen-bond acceptors (Lipinski definition) is 2. The Morgan fingerprint density at radius 1 is 1.20 bits per heavy atom. The summed E-state index contributed by atoms with van der Waals surface area (Å²) in [6.45, 7) is 3.37. The first-order valence-corrected chi connectivity index (χ1v) is 7.71. The molecule has 1 saturated carbocycles. The average molecular weight is 274 g/mol. The molecule has 2 rings (SSSR count). The molecular formula is C17H26N2O. The number of anilines is 1. The van der Waals surface area contributed by atoms with Gasteiger partial charge in [0.05, 0.1) is 6.42 Å². The van der Waals surface area contributed by atoms with E-state index >= 15 is 0 Å². The minimum absolute atomic E-state index is 0.0609. The van der Waals surface area contributed by atoms with Gasteiger partial charge in [-0.1, -0.05) is 38.0 Å². The Hall–Kier alpha value is -1.51. The van der Waals surface area contributed by atoms with Crippen LogP contribution in [0.1, 0.15) is 38.2 Å². The molecule has 1 aliphatic carbocycles. The van der Waals surface area contributed by atoms with E-state index in [1.807, 2.05) is 18.2 Å². The van der Waals surface area contributed by atoms with Crippen molar-refractivity contribution in [2.45, 2.75) is 39.0 Å². The second kappa shape index (κ2) is 7.32. The second-order valence-corrected chi connectivity index (χ2v) is 6.01. The zero-order valence-electron chi connectivity index (χ0n) is 12.6. The lowest BCUT2D eigenvalue weighted by molar-refractivity contribution is -0.119. The molecule has 0 spiro atoms. The highest BCUT2D eigenvalue weighted by molar-refractivity contribution is 5.80. The number of para-hydroxylation sites is 1. The van der Waals surface area contributed by atoms with E-state index in [4.69, 9.17) is 0 Å². The number of nitrogens with one attached hydrogen (secondary N) is 2.